The molecule has 0 amide bonds. The van der Waals surface area contributed by atoms with Crippen molar-refractivity contribution in [3.8, 4) is 0 Å². The van der Waals surface area contributed by atoms with Crippen molar-refractivity contribution in [1.29, 1.82) is 0 Å². The van der Waals surface area contributed by atoms with Crippen LogP contribution in [0.15, 0.2) is 24.3 Å². The van der Waals surface area contributed by atoms with E-state index in [2.05, 4.69) is 71.1 Å². The lowest BCUT2D eigenvalue weighted by atomic mass is 9.74. The lowest BCUT2D eigenvalue weighted by Gasteiger charge is -2.33. The molecule has 0 radical (unpaired) electrons. The summed E-state index contributed by atoms with van der Waals surface area (Å²) in [6, 6.07) is 9.33. The van der Waals surface area contributed by atoms with E-state index in [0.717, 1.165) is 13.1 Å². The predicted octanol–water partition coefficient (Wildman–Crippen LogP) is 5.04. The molecule has 1 rings (SSSR count). The average molecular weight is 275 g/mol. The molecule has 1 N–H and O–H groups in total. The molecule has 0 aliphatic carbocycles. The average Bonchev–Trinajstić information content (AvgIpc) is 2.43. The topological polar surface area (TPSA) is 12.0 Å². The van der Waals surface area contributed by atoms with Crippen LogP contribution in [-0.4, -0.2) is 13.1 Å². The summed E-state index contributed by atoms with van der Waals surface area (Å²) in [7, 11) is 0. The van der Waals surface area contributed by atoms with Crippen molar-refractivity contribution in [1.82, 2.24) is 5.32 Å². The van der Waals surface area contributed by atoms with Gasteiger partial charge in [-0.3, -0.25) is 0 Å². The van der Waals surface area contributed by atoms with Crippen LogP contribution < -0.4 is 5.32 Å². The van der Waals surface area contributed by atoms with E-state index in [1.807, 2.05) is 0 Å². The Hall–Kier alpha value is -0.820. The third-order valence-electron chi connectivity index (χ3n) is 4.61. The third kappa shape index (κ3) is 4.09. The van der Waals surface area contributed by atoms with Gasteiger partial charge in [-0.1, -0.05) is 65.8 Å². The van der Waals surface area contributed by atoms with Crippen LogP contribution in [0.2, 0.25) is 0 Å². The highest BCUT2D eigenvalue weighted by Gasteiger charge is 2.28. The quantitative estimate of drug-likeness (QED) is 0.687. The molecule has 0 atom stereocenters. The Bertz CT molecular complexity index is 379. The van der Waals surface area contributed by atoms with Crippen LogP contribution in [0.3, 0.4) is 0 Å². The molecule has 0 heterocycles. The van der Waals surface area contributed by atoms with Crippen molar-refractivity contribution in [2.45, 2.75) is 71.6 Å². The molecule has 114 valence electrons. The first-order valence-electron chi connectivity index (χ1n) is 8.21. The summed E-state index contributed by atoms with van der Waals surface area (Å²) >= 11 is 0. The smallest absolute Gasteiger partial charge is 0.00725 e. The maximum Gasteiger partial charge on any atom is 0.00725 e. The highest BCUT2D eigenvalue weighted by atomic mass is 14.9. The molecule has 0 fully saturated rings. The molecule has 0 aromatic heterocycles. The second kappa shape index (κ2) is 7.26. The van der Waals surface area contributed by atoms with Gasteiger partial charge in [0.2, 0.25) is 0 Å². The fourth-order valence-electron chi connectivity index (χ4n) is 2.84. The van der Waals surface area contributed by atoms with Gasteiger partial charge in [0.1, 0.15) is 0 Å². The van der Waals surface area contributed by atoms with E-state index in [0.29, 0.717) is 0 Å². The van der Waals surface area contributed by atoms with E-state index in [1.54, 1.807) is 0 Å². The van der Waals surface area contributed by atoms with Crippen molar-refractivity contribution in [2.24, 2.45) is 0 Å². The zero-order valence-corrected chi connectivity index (χ0v) is 14.3. The predicted molar refractivity (Wildman–Crippen MR) is 90.6 cm³/mol. The van der Waals surface area contributed by atoms with E-state index >= 15 is 0 Å². The summed E-state index contributed by atoms with van der Waals surface area (Å²) in [6.45, 7) is 15.9. The Labute approximate surface area is 126 Å². The molecule has 1 nitrogen and oxygen atoms in total. The Morgan fingerprint density at radius 2 is 1.35 bits per heavy atom. The van der Waals surface area contributed by atoms with E-state index in [-0.39, 0.29) is 10.8 Å². The van der Waals surface area contributed by atoms with Crippen LogP contribution in [0.5, 0.6) is 0 Å². The van der Waals surface area contributed by atoms with Crippen LogP contribution in [-0.2, 0) is 10.8 Å². The molecule has 0 saturated carbocycles. The molecule has 0 bridgehead atoms. The van der Waals surface area contributed by atoms with Gasteiger partial charge in [-0.2, -0.15) is 0 Å². The molecule has 1 heteroatoms. The van der Waals surface area contributed by atoms with Gasteiger partial charge in [0.15, 0.2) is 0 Å². The first-order chi connectivity index (χ1) is 9.39. The SMILES string of the molecule is CCCNCC(CC)(CC)c1ccc(C(C)(C)C)cc1. The first kappa shape index (κ1) is 17.2. The zero-order valence-electron chi connectivity index (χ0n) is 14.3. The van der Waals surface area contributed by atoms with Crippen LogP contribution in [0, 0.1) is 0 Å². The Morgan fingerprint density at radius 3 is 1.75 bits per heavy atom. The molecule has 1 aromatic rings. The van der Waals surface area contributed by atoms with Gasteiger partial charge in [0.05, 0.1) is 0 Å². The Morgan fingerprint density at radius 1 is 0.850 bits per heavy atom. The summed E-state index contributed by atoms with van der Waals surface area (Å²) in [5.74, 6) is 0. The number of hydrogen-bond acceptors (Lipinski definition) is 1. The number of hydrogen-bond donors (Lipinski definition) is 1. The van der Waals surface area contributed by atoms with Crippen molar-refractivity contribution >= 4 is 0 Å². The standard InChI is InChI=1S/C19H33N/c1-7-14-20-15-19(8-2,9-3)17-12-10-16(11-13-17)18(4,5)6/h10-13,20H,7-9,14-15H2,1-6H3. The van der Waals surface area contributed by atoms with Gasteiger partial charge in [0.25, 0.3) is 0 Å². The normalized spacial score (nSPS) is 12.7. The molecule has 0 saturated heterocycles. The zero-order chi connectivity index (χ0) is 15.2. The fraction of sp³-hybridized carbons (Fsp3) is 0.684. The van der Waals surface area contributed by atoms with Crippen molar-refractivity contribution in [3.05, 3.63) is 35.4 Å². The maximum atomic E-state index is 3.62. The summed E-state index contributed by atoms with van der Waals surface area (Å²) in [5.41, 5.74) is 3.43. The lowest BCUT2D eigenvalue weighted by Crippen LogP contribution is -2.37. The Kier molecular flexibility index (Phi) is 6.26. The van der Waals surface area contributed by atoms with Crippen LogP contribution in [0.1, 0.15) is 71.9 Å². The van der Waals surface area contributed by atoms with E-state index in [4.69, 9.17) is 0 Å². The van der Waals surface area contributed by atoms with Gasteiger partial charge in [-0.05, 0) is 42.3 Å². The summed E-state index contributed by atoms with van der Waals surface area (Å²) in [6.07, 6.45) is 3.58. The summed E-state index contributed by atoms with van der Waals surface area (Å²) < 4.78 is 0. The second-order valence-corrected chi connectivity index (χ2v) is 6.99. The number of rotatable bonds is 7. The number of benzene rings is 1. The van der Waals surface area contributed by atoms with Gasteiger partial charge >= 0.3 is 0 Å². The first-order valence-corrected chi connectivity index (χ1v) is 8.21. The second-order valence-electron chi connectivity index (χ2n) is 6.99. The van der Waals surface area contributed by atoms with Gasteiger partial charge < -0.3 is 5.32 Å². The molecule has 0 aliphatic heterocycles. The molecule has 20 heavy (non-hydrogen) atoms. The molecule has 0 aliphatic rings. The number of nitrogens with one attached hydrogen (secondary N) is 1. The van der Waals surface area contributed by atoms with Gasteiger partial charge in [-0.15, -0.1) is 0 Å². The minimum Gasteiger partial charge on any atom is -0.316 e. The molecule has 1 aromatic carbocycles. The van der Waals surface area contributed by atoms with E-state index < -0.39 is 0 Å². The van der Waals surface area contributed by atoms with E-state index in [9.17, 15) is 0 Å². The van der Waals surface area contributed by atoms with Gasteiger partial charge in [0, 0.05) is 12.0 Å². The highest BCUT2D eigenvalue weighted by Crippen LogP contribution is 2.32. The van der Waals surface area contributed by atoms with Crippen LogP contribution >= 0.6 is 0 Å². The van der Waals surface area contributed by atoms with E-state index in [1.165, 1.54) is 30.4 Å². The van der Waals surface area contributed by atoms with Crippen molar-refractivity contribution in [3.63, 3.8) is 0 Å². The maximum absolute atomic E-state index is 3.62. The molecule has 0 spiro atoms. The summed E-state index contributed by atoms with van der Waals surface area (Å²) in [4.78, 5) is 0. The minimum atomic E-state index is 0.236. The fourth-order valence-corrected chi connectivity index (χ4v) is 2.84. The van der Waals surface area contributed by atoms with Crippen molar-refractivity contribution < 1.29 is 0 Å². The largest absolute Gasteiger partial charge is 0.316 e. The lowest BCUT2D eigenvalue weighted by molar-refractivity contribution is 0.368. The Balaban J connectivity index is 2.97. The highest BCUT2D eigenvalue weighted by molar-refractivity contribution is 5.32. The monoisotopic (exact) mass is 275 g/mol. The van der Waals surface area contributed by atoms with Gasteiger partial charge in [-0.25, -0.2) is 0 Å². The molecular weight excluding hydrogens is 242 g/mol. The van der Waals surface area contributed by atoms with Crippen LogP contribution in [0.25, 0.3) is 0 Å². The molecular formula is C19H33N. The minimum absolute atomic E-state index is 0.236. The third-order valence-corrected chi connectivity index (χ3v) is 4.61. The van der Waals surface area contributed by atoms with Crippen molar-refractivity contribution in [2.75, 3.05) is 13.1 Å². The summed E-state index contributed by atoms with van der Waals surface area (Å²) in [5, 5.41) is 3.62. The van der Waals surface area contributed by atoms with Crippen LogP contribution in [0.4, 0.5) is 0 Å². The molecule has 0 unspecified atom stereocenters.